The number of likely N-dealkylation sites (N-methyl/N-ethyl adjacent to an activating group) is 1. The Morgan fingerprint density at radius 2 is 2.06 bits per heavy atom. The number of carbonyl (C=O) groups excluding carboxylic acids is 1. The third-order valence-corrected chi connectivity index (χ3v) is 2.87. The van der Waals surface area contributed by atoms with E-state index in [4.69, 9.17) is 10.5 Å². The van der Waals surface area contributed by atoms with Crippen LogP contribution in [0.25, 0.3) is 0 Å². The highest BCUT2D eigenvalue weighted by Crippen LogP contribution is 2.08. The average molecular weight is 245 g/mol. The van der Waals surface area contributed by atoms with Crippen LogP contribution in [-0.2, 0) is 9.53 Å². The van der Waals surface area contributed by atoms with Crippen molar-refractivity contribution in [1.82, 2.24) is 10.2 Å². The van der Waals surface area contributed by atoms with Gasteiger partial charge in [-0.3, -0.25) is 4.79 Å². The first-order chi connectivity index (χ1) is 8.02. The number of ether oxygens (including phenoxy) is 1. The first-order valence-corrected chi connectivity index (χ1v) is 6.18. The van der Waals surface area contributed by atoms with E-state index in [1.54, 1.807) is 7.11 Å². The molecular formula is C12H27N3O2. The number of carbonyl (C=O) groups is 1. The second-order valence-electron chi connectivity index (χ2n) is 4.67. The van der Waals surface area contributed by atoms with Crippen LogP contribution in [-0.4, -0.2) is 57.8 Å². The van der Waals surface area contributed by atoms with Gasteiger partial charge in [0.15, 0.2) is 0 Å². The molecule has 0 saturated carbocycles. The number of amides is 1. The summed E-state index contributed by atoms with van der Waals surface area (Å²) in [6.45, 7) is 7.50. The maximum Gasteiger partial charge on any atom is 0.224 e. The molecule has 0 aliphatic heterocycles. The third kappa shape index (κ3) is 7.31. The number of rotatable bonds is 9. The fraction of sp³-hybridized carbons (Fsp3) is 0.917. The minimum Gasteiger partial charge on any atom is -0.383 e. The average Bonchev–Trinajstić information content (AvgIpc) is 2.26. The van der Waals surface area contributed by atoms with Gasteiger partial charge in [0.1, 0.15) is 0 Å². The van der Waals surface area contributed by atoms with Crippen LogP contribution in [0.5, 0.6) is 0 Å². The molecule has 0 rings (SSSR count). The Kier molecular flexibility index (Phi) is 9.03. The Morgan fingerprint density at radius 1 is 1.41 bits per heavy atom. The molecule has 1 atom stereocenters. The van der Waals surface area contributed by atoms with E-state index in [1.165, 1.54) is 0 Å². The summed E-state index contributed by atoms with van der Waals surface area (Å²) in [5.41, 5.74) is 5.58. The molecule has 0 bridgehead atoms. The molecule has 0 spiro atoms. The molecular weight excluding hydrogens is 218 g/mol. The van der Waals surface area contributed by atoms with Crippen molar-refractivity contribution in [1.29, 1.82) is 0 Å². The Hall–Kier alpha value is -0.650. The van der Waals surface area contributed by atoms with Crippen LogP contribution in [0, 0.1) is 11.8 Å². The van der Waals surface area contributed by atoms with E-state index in [-0.39, 0.29) is 17.7 Å². The zero-order valence-electron chi connectivity index (χ0n) is 11.5. The lowest BCUT2D eigenvalue weighted by molar-refractivity contribution is -0.125. The lowest BCUT2D eigenvalue weighted by Gasteiger charge is -2.20. The number of hydrogen-bond acceptors (Lipinski definition) is 4. The van der Waals surface area contributed by atoms with Crippen molar-refractivity contribution < 1.29 is 9.53 Å². The number of nitrogens with two attached hydrogens (primary N) is 1. The lowest BCUT2D eigenvalue weighted by atomic mass is 9.95. The molecule has 0 aliphatic carbocycles. The van der Waals surface area contributed by atoms with Crippen LogP contribution >= 0.6 is 0 Å². The van der Waals surface area contributed by atoms with Crippen LogP contribution in [0.4, 0.5) is 0 Å². The summed E-state index contributed by atoms with van der Waals surface area (Å²) in [4.78, 5) is 13.9. The van der Waals surface area contributed by atoms with Gasteiger partial charge in [0.2, 0.25) is 5.91 Å². The molecule has 3 N–H and O–H groups in total. The molecule has 0 heterocycles. The van der Waals surface area contributed by atoms with E-state index >= 15 is 0 Å². The number of nitrogens with one attached hydrogen (secondary N) is 1. The molecule has 5 heteroatoms. The van der Waals surface area contributed by atoms with Crippen LogP contribution in [0.1, 0.15) is 13.8 Å². The molecule has 102 valence electrons. The Bertz CT molecular complexity index is 210. The molecule has 0 fully saturated rings. The summed E-state index contributed by atoms with van der Waals surface area (Å²) in [5, 5.41) is 2.92. The van der Waals surface area contributed by atoms with E-state index in [9.17, 15) is 4.79 Å². The second kappa shape index (κ2) is 9.39. The molecule has 1 unspecified atom stereocenters. The Morgan fingerprint density at radius 3 is 2.53 bits per heavy atom. The highest BCUT2D eigenvalue weighted by molar-refractivity contribution is 5.79. The smallest absolute Gasteiger partial charge is 0.224 e. The summed E-state index contributed by atoms with van der Waals surface area (Å²) in [6.07, 6.45) is 0. The summed E-state index contributed by atoms with van der Waals surface area (Å²) in [7, 11) is 3.69. The maximum absolute atomic E-state index is 11.8. The summed E-state index contributed by atoms with van der Waals surface area (Å²) >= 11 is 0. The summed E-state index contributed by atoms with van der Waals surface area (Å²) in [5.74, 6) is 0.258. The van der Waals surface area contributed by atoms with E-state index in [0.717, 1.165) is 13.1 Å². The topological polar surface area (TPSA) is 67.6 Å². The zero-order chi connectivity index (χ0) is 13.3. The highest BCUT2D eigenvalue weighted by Gasteiger charge is 2.19. The van der Waals surface area contributed by atoms with Gasteiger partial charge >= 0.3 is 0 Å². The van der Waals surface area contributed by atoms with E-state index in [2.05, 4.69) is 10.2 Å². The molecule has 0 aliphatic rings. The lowest BCUT2D eigenvalue weighted by Crippen LogP contribution is -2.41. The van der Waals surface area contributed by atoms with E-state index in [1.807, 2.05) is 20.9 Å². The quantitative estimate of drug-likeness (QED) is 0.596. The largest absolute Gasteiger partial charge is 0.383 e. The SMILES string of the molecule is COCCN(C)CCNC(=O)C(CN)C(C)C. The third-order valence-electron chi connectivity index (χ3n) is 2.87. The van der Waals surface area contributed by atoms with Gasteiger partial charge in [-0.25, -0.2) is 0 Å². The predicted molar refractivity (Wildman–Crippen MR) is 69.8 cm³/mol. The first kappa shape index (κ1) is 16.4. The molecule has 0 aromatic carbocycles. The van der Waals surface area contributed by atoms with Crippen molar-refractivity contribution in [2.45, 2.75) is 13.8 Å². The van der Waals surface area contributed by atoms with Gasteiger partial charge in [-0.15, -0.1) is 0 Å². The monoisotopic (exact) mass is 245 g/mol. The number of hydrogen-bond donors (Lipinski definition) is 2. The van der Waals surface area contributed by atoms with Crippen molar-refractivity contribution in [2.24, 2.45) is 17.6 Å². The Balaban J connectivity index is 3.76. The van der Waals surface area contributed by atoms with Gasteiger partial charge < -0.3 is 20.7 Å². The van der Waals surface area contributed by atoms with Crippen molar-refractivity contribution in [3.05, 3.63) is 0 Å². The molecule has 0 aromatic rings. The van der Waals surface area contributed by atoms with Gasteiger partial charge in [-0.2, -0.15) is 0 Å². The van der Waals surface area contributed by atoms with Crippen LogP contribution in [0.3, 0.4) is 0 Å². The van der Waals surface area contributed by atoms with Crippen LogP contribution in [0.15, 0.2) is 0 Å². The molecule has 0 radical (unpaired) electrons. The maximum atomic E-state index is 11.8. The first-order valence-electron chi connectivity index (χ1n) is 6.18. The van der Waals surface area contributed by atoms with E-state index in [0.29, 0.717) is 19.7 Å². The number of nitrogens with zero attached hydrogens (tertiary/aromatic N) is 1. The fourth-order valence-electron chi connectivity index (χ4n) is 1.54. The van der Waals surface area contributed by atoms with Gasteiger partial charge in [0, 0.05) is 33.3 Å². The van der Waals surface area contributed by atoms with Crippen molar-refractivity contribution in [3.63, 3.8) is 0 Å². The van der Waals surface area contributed by atoms with Gasteiger partial charge in [0.25, 0.3) is 0 Å². The molecule has 1 amide bonds. The van der Waals surface area contributed by atoms with Crippen molar-refractivity contribution in [2.75, 3.05) is 46.9 Å². The standard InChI is InChI=1S/C12H27N3O2/c1-10(2)11(9-13)12(16)14-5-6-15(3)7-8-17-4/h10-11H,5-9,13H2,1-4H3,(H,14,16). The van der Waals surface area contributed by atoms with Crippen molar-refractivity contribution in [3.8, 4) is 0 Å². The van der Waals surface area contributed by atoms with Crippen LogP contribution < -0.4 is 11.1 Å². The van der Waals surface area contributed by atoms with Gasteiger partial charge in [-0.1, -0.05) is 13.8 Å². The molecule has 0 saturated heterocycles. The second-order valence-corrected chi connectivity index (χ2v) is 4.67. The number of methoxy groups -OCH3 is 1. The molecule has 0 aromatic heterocycles. The Labute approximate surface area is 105 Å². The normalized spacial score (nSPS) is 13.1. The highest BCUT2D eigenvalue weighted by atomic mass is 16.5. The minimum absolute atomic E-state index is 0.0580. The predicted octanol–water partition coefficient (Wildman–Crippen LogP) is -0.0883. The zero-order valence-corrected chi connectivity index (χ0v) is 11.5. The van der Waals surface area contributed by atoms with Gasteiger partial charge in [0.05, 0.1) is 12.5 Å². The minimum atomic E-state index is -0.0840. The summed E-state index contributed by atoms with van der Waals surface area (Å²) < 4.78 is 4.98. The van der Waals surface area contributed by atoms with Gasteiger partial charge in [-0.05, 0) is 13.0 Å². The molecule has 5 nitrogen and oxygen atoms in total. The van der Waals surface area contributed by atoms with E-state index < -0.39 is 0 Å². The summed E-state index contributed by atoms with van der Waals surface area (Å²) in [6, 6.07) is 0. The molecule has 17 heavy (non-hydrogen) atoms. The van der Waals surface area contributed by atoms with Crippen molar-refractivity contribution >= 4 is 5.91 Å². The fourth-order valence-corrected chi connectivity index (χ4v) is 1.54. The van der Waals surface area contributed by atoms with Crippen LogP contribution in [0.2, 0.25) is 0 Å².